The summed E-state index contributed by atoms with van der Waals surface area (Å²) in [5.74, 6) is 0. The number of benzene rings is 1. The Balaban J connectivity index is 3.38. The molecule has 0 radical (unpaired) electrons. The van der Waals surface area contributed by atoms with Gasteiger partial charge in [0.05, 0.1) is 17.1 Å². The molecule has 1 rings (SSSR count). The number of rotatable bonds is 2. The van der Waals surface area contributed by atoms with Crippen LogP contribution < -0.4 is 0 Å². The SMILES string of the molecule is Cc1cc(C)c([N+](=O)[O-])c(CO)c1. The zero-order chi connectivity index (χ0) is 10.0. The number of aliphatic hydroxyl groups excluding tert-OH is 1. The maximum absolute atomic E-state index is 10.6. The van der Waals surface area contributed by atoms with Gasteiger partial charge in [-0.05, 0) is 26.0 Å². The molecule has 0 aliphatic heterocycles. The van der Waals surface area contributed by atoms with Crippen LogP contribution in [0.15, 0.2) is 12.1 Å². The molecule has 70 valence electrons. The summed E-state index contributed by atoms with van der Waals surface area (Å²) in [6.45, 7) is 3.22. The molecule has 0 aliphatic rings. The Bertz CT molecular complexity index is 347. The number of hydrogen-bond acceptors (Lipinski definition) is 3. The highest BCUT2D eigenvalue weighted by atomic mass is 16.6. The molecule has 4 heteroatoms. The van der Waals surface area contributed by atoms with Crippen molar-refractivity contribution in [2.24, 2.45) is 0 Å². The third-order valence-electron chi connectivity index (χ3n) is 1.88. The van der Waals surface area contributed by atoms with E-state index in [4.69, 9.17) is 5.11 Å². The standard InChI is InChI=1S/C9H11NO3/c1-6-3-7(2)9(10(12)13)8(4-6)5-11/h3-4,11H,5H2,1-2H3. The van der Waals surface area contributed by atoms with Crippen molar-refractivity contribution in [1.82, 2.24) is 0 Å². The third kappa shape index (κ3) is 1.84. The topological polar surface area (TPSA) is 63.4 Å². The van der Waals surface area contributed by atoms with Crippen LogP contribution in [0.2, 0.25) is 0 Å². The predicted molar refractivity (Wildman–Crippen MR) is 48.5 cm³/mol. The molecule has 0 saturated heterocycles. The summed E-state index contributed by atoms with van der Waals surface area (Å²) < 4.78 is 0. The average molecular weight is 181 g/mol. The molecule has 0 bridgehead atoms. The molecular weight excluding hydrogens is 170 g/mol. The van der Waals surface area contributed by atoms with Crippen molar-refractivity contribution < 1.29 is 10.0 Å². The second-order valence-electron chi connectivity index (χ2n) is 3.00. The van der Waals surface area contributed by atoms with Crippen LogP contribution in [0.3, 0.4) is 0 Å². The Morgan fingerprint density at radius 1 is 1.46 bits per heavy atom. The lowest BCUT2D eigenvalue weighted by Crippen LogP contribution is -1.98. The summed E-state index contributed by atoms with van der Waals surface area (Å²) in [6, 6.07) is 3.36. The van der Waals surface area contributed by atoms with Crippen molar-refractivity contribution in [3.63, 3.8) is 0 Å². The Morgan fingerprint density at radius 3 is 2.54 bits per heavy atom. The number of nitrogens with zero attached hydrogens (tertiary/aromatic N) is 1. The normalized spacial score (nSPS) is 10.1. The molecule has 0 unspecified atom stereocenters. The minimum Gasteiger partial charge on any atom is -0.391 e. The van der Waals surface area contributed by atoms with Gasteiger partial charge in [-0.25, -0.2) is 0 Å². The summed E-state index contributed by atoms with van der Waals surface area (Å²) in [5.41, 5.74) is 1.91. The smallest absolute Gasteiger partial charge is 0.277 e. The quantitative estimate of drug-likeness (QED) is 0.558. The van der Waals surface area contributed by atoms with Crippen LogP contribution in [0.25, 0.3) is 0 Å². The number of hydrogen-bond donors (Lipinski definition) is 1. The molecule has 0 heterocycles. The Labute approximate surface area is 76.0 Å². The van der Waals surface area contributed by atoms with Gasteiger partial charge >= 0.3 is 0 Å². The first-order valence-electron chi connectivity index (χ1n) is 3.91. The molecule has 0 atom stereocenters. The van der Waals surface area contributed by atoms with Gasteiger partial charge < -0.3 is 5.11 Å². The molecule has 0 fully saturated rings. The van der Waals surface area contributed by atoms with E-state index in [1.54, 1.807) is 19.1 Å². The summed E-state index contributed by atoms with van der Waals surface area (Å²) >= 11 is 0. The van der Waals surface area contributed by atoms with Gasteiger partial charge in [0.1, 0.15) is 0 Å². The van der Waals surface area contributed by atoms with Gasteiger partial charge in [-0.2, -0.15) is 0 Å². The fourth-order valence-corrected chi connectivity index (χ4v) is 1.43. The van der Waals surface area contributed by atoms with Crippen LogP contribution in [-0.2, 0) is 6.61 Å². The van der Waals surface area contributed by atoms with Crippen LogP contribution in [0.4, 0.5) is 5.69 Å². The highest BCUT2D eigenvalue weighted by Crippen LogP contribution is 2.24. The van der Waals surface area contributed by atoms with Gasteiger partial charge in [-0.15, -0.1) is 0 Å². The van der Waals surface area contributed by atoms with Gasteiger partial charge in [0, 0.05) is 5.56 Å². The fourth-order valence-electron chi connectivity index (χ4n) is 1.43. The first-order chi connectivity index (χ1) is 6.06. The van der Waals surface area contributed by atoms with Crippen LogP contribution >= 0.6 is 0 Å². The van der Waals surface area contributed by atoms with Crippen molar-refractivity contribution in [1.29, 1.82) is 0 Å². The Kier molecular flexibility index (Phi) is 2.63. The summed E-state index contributed by atoms with van der Waals surface area (Å²) in [7, 11) is 0. The highest BCUT2D eigenvalue weighted by molar-refractivity contribution is 5.49. The van der Waals surface area contributed by atoms with Gasteiger partial charge in [0.2, 0.25) is 0 Å². The highest BCUT2D eigenvalue weighted by Gasteiger charge is 2.16. The molecule has 4 nitrogen and oxygen atoms in total. The minimum atomic E-state index is -0.458. The minimum absolute atomic E-state index is 0.0214. The number of aliphatic hydroxyl groups is 1. The Morgan fingerprint density at radius 2 is 2.08 bits per heavy atom. The van der Waals surface area contributed by atoms with E-state index in [2.05, 4.69) is 0 Å². The van der Waals surface area contributed by atoms with Gasteiger partial charge in [-0.3, -0.25) is 10.1 Å². The second-order valence-corrected chi connectivity index (χ2v) is 3.00. The molecule has 1 aromatic carbocycles. The van der Waals surface area contributed by atoms with Crippen molar-refractivity contribution in [2.75, 3.05) is 0 Å². The van der Waals surface area contributed by atoms with E-state index in [1.807, 2.05) is 6.92 Å². The number of nitro benzene ring substituents is 1. The molecule has 13 heavy (non-hydrogen) atoms. The van der Waals surface area contributed by atoms with E-state index in [9.17, 15) is 10.1 Å². The lowest BCUT2D eigenvalue weighted by Gasteiger charge is -2.03. The van der Waals surface area contributed by atoms with E-state index in [0.717, 1.165) is 5.56 Å². The van der Waals surface area contributed by atoms with Gasteiger partial charge in [-0.1, -0.05) is 5.56 Å². The van der Waals surface area contributed by atoms with Crippen LogP contribution in [-0.4, -0.2) is 10.0 Å². The van der Waals surface area contributed by atoms with Crippen LogP contribution in [0.1, 0.15) is 16.7 Å². The molecule has 0 aliphatic carbocycles. The van der Waals surface area contributed by atoms with Crippen molar-refractivity contribution in [2.45, 2.75) is 20.5 Å². The molecule has 0 amide bonds. The molecular formula is C9H11NO3. The van der Waals surface area contributed by atoms with E-state index < -0.39 is 4.92 Å². The van der Waals surface area contributed by atoms with E-state index in [-0.39, 0.29) is 12.3 Å². The summed E-state index contributed by atoms with van der Waals surface area (Å²) in [4.78, 5) is 10.1. The lowest BCUT2D eigenvalue weighted by molar-refractivity contribution is -0.386. The third-order valence-corrected chi connectivity index (χ3v) is 1.88. The average Bonchev–Trinajstić information content (AvgIpc) is 2.01. The molecule has 0 spiro atoms. The molecule has 0 saturated carbocycles. The van der Waals surface area contributed by atoms with Crippen molar-refractivity contribution in [3.8, 4) is 0 Å². The molecule has 1 N–H and O–H groups in total. The lowest BCUT2D eigenvalue weighted by atomic mass is 10.1. The number of aryl methyl sites for hydroxylation is 2. The van der Waals surface area contributed by atoms with E-state index >= 15 is 0 Å². The molecule has 0 aromatic heterocycles. The van der Waals surface area contributed by atoms with Crippen molar-refractivity contribution in [3.05, 3.63) is 38.9 Å². The monoisotopic (exact) mass is 181 g/mol. The Hall–Kier alpha value is -1.42. The zero-order valence-electron chi connectivity index (χ0n) is 7.57. The largest absolute Gasteiger partial charge is 0.391 e. The van der Waals surface area contributed by atoms with Crippen LogP contribution in [0.5, 0.6) is 0 Å². The molecule has 1 aromatic rings. The van der Waals surface area contributed by atoms with Gasteiger partial charge in [0.25, 0.3) is 5.69 Å². The second kappa shape index (κ2) is 3.53. The van der Waals surface area contributed by atoms with E-state index in [1.165, 1.54) is 0 Å². The zero-order valence-corrected chi connectivity index (χ0v) is 7.57. The maximum Gasteiger partial charge on any atom is 0.277 e. The fraction of sp³-hybridized carbons (Fsp3) is 0.333. The first-order valence-corrected chi connectivity index (χ1v) is 3.91. The van der Waals surface area contributed by atoms with E-state index in [0.29, 0.717) is 11.1 Å². The predicted octanol–water partition coefficient (Wildman–Crippen LogP) is 1.70. The number of nitro groups is 1. The van der Waals surface area contributed by atoms with Gasteiger partial charge in [0.15, 0.2) is 0 Å². The maximum atomic E-state index is 10.6. The summed E-state index contributed by atoms with van der Waals surface area (Å²) in [6.07, 6.45) is 0. The van der Waals surface area contributed by atoms with Crippen LogP contribution in [0, 0.1) is 24.0 Å². The first kappa shape index (κ1) is 9.67. The summed E-state index contributed by atoms with van der Waals surface area (Å²) in [5, 5.41) is 19.5. The van der Waals surface area contributed by atoms with Crippen molar-refractivity contribution >= 4 is 5.69 Å².